The molecule has 0 spiro atoms. The minimum Gasteiger partial charge on any atom is -0.507 e. The van der Waals surface area contributed by atoms with Gasteiger partial charge in [0.25, 0.3) is 0 Å². The van der Waals surface area contributed by atoms with Gasteiger partial charge in [-0.15, -0.1) is 0 Å². The van der Waals surface area contributed by atoms with E-state index in [1.165, 1.54) is 0 Å². The van der Waals surface area contributed by atoms with Crippen LogP contribution in [-0.4, -0.2) is 18.3 Å². The summed E-state index contributed by atoms with van der Waals surface area (Å²) >= 11 is 0. The van der Waals surface area contributed by atoms with Crippen molar-refractivity contribution in [3.63, 3.8) is 0 Å². The number of aryl methyl sites for hydroxylation is 1. The number of isocyanates is 1. The number of hydrogen-bond donors (Lipinski definition) is 1. The van der Waals surface area contributed by atoms with Gasteiger partial charge < -0.3 is 9.84 Å². The van der Waals surface area contributed by atoms with Gasteiger partial charge >= 0.3 is 0 Å². The molecule has 0 amide bonds. The largest absolute Gasteiger partial charge is 0.507 e. The minimum absolute atomic E-state index is 0.205. The fourth-order valence-corrected chi connectivity index (χ4v) is 2.71. The molecule has 0 aliphatic heterocycles. The number of nitrogens with zero attached hydrogens (tertiary/aromatic N) is 1. The van der Waals surface area contributed by atoms with Crippen molar-refractivity contribution >= 4 is 6.08 Å². The first-order valence-corrected chi connectivity index (χ1v) is 6.10. The lowest BCUT2D eigenvalue weighted by Crippen LogP contribution is -2.19. The number of rotatable bonds is 3. The standard InChI is InChI=1S/C14H17NO3/c1-10-7-11(18-2)8-12(13(10)17)14(15-9-16)5-3-4-6-14/h7-8,17H,3-6H2,1-2H3. The second kappa shape index (κ2) is 4.83. The van der Waals surface area contributed by atoms with Crippen LogP contribution in [0.15, 0.2) is 17.1 Å². The van der Waals surface area contributed by atoms with Crippen molar-refractivity contribution in [2.75, 3.05) is 7.11 Å². The molecule has 1 aliphatic rings. The van der Waals surface area contributed by atoms with Gasteiger partial charge in [-0.3, -0.25) is 0 Å². The van der Waals surface area contributed by atoms with Crippen LogP contribution in [0.4, 0.5) is 0 Å². The maximum atomic E-state index is 10.7. The molecule has 0 aromatic heterocycles. The molecule has 1 aliphatic carbocycles. The molecular weight excluding hydrogens is 230 g/mol. The van der Waals surface area contributed by atoms with Gasteiger partial charge in [0.2, 0.25) is 6.08 Å². The molecule has 0 unspecified atom stereocenters. The van der Waals surface area contributed by atoms with Gasteiger partial charge in [-0.1, -0.05) is 12.8 Å². The molecule has 0 bridgehead atoms. The predicted octanol–water partition coefficient (Wildman–Crippen LogP) is 2.81. The molecular formula is C14H17NO3. The van der Waals surface area contributed by atoms with Crippen molar-refractivity contribution in [2.24, 2.45) is 4.99 Å². The van der Waals surface area contributed by atoms with E-state index in [-0.39, 0.29) is 5.75 Å². The third kappa shape index (κ3) is 2.00. The third-order valence-corrected chi connectivity index (χ3v) is 3.70. The number of phenols is 1. The first-order valence-electron chi connectivity index (χ1n) is 6.10. The lowest BCUT2D eigenvalue weighted by molar-refractivity contribution is 0.389. The van der Waals surface area contributed by atoms with Gasteiger partial charge in [0, 0.05) is 5.56 Å². The van der Waals surface area contributed by atoms with E-state index >= 15 is 0 Å². The maximum Gasteiger partial charge on any atom is 0.235 e. The van der Waals surface area contributed by atoms with Crippen LogP contribution in [0.2, 0.25) is 0 Å². The van der Waals surface area contributed by atoms with Crippen molar-refractivity contribution < 1.29 is 14.6 Å². The normalized spacial score (nSPS) is 17.2. The summed E-state index contributed by atoms with van der Waals surface area (Å²) in [6, 6.07) is 3.54. The lowest BCUT2D eigenvalue weighted by Gasteiger charge is -2.25. The molecule has 0 atom stereocenters. The summed E-state index contributed by atoms with van der Waals surface area (Å²) in [4.78, 5) is 14.7. The molecule has 4 heteroatoms. The number of carbonyl (C=O) groups excluding carboxylic acids is 1. The van der Waals surface area contributed by atoms with E-state index in [9.17, 15) is 9.90 Å². The van der Waals surface area contributed by atoms with Crippen LogP contribution >= 0.6 is 0 Å². The number of methoxy groups -OCH3 is 1. The number of phenolic OH excluding ortho intramolecular Hbond substituents is 1. The average Bonchev–Trinajstić information content (AvgIpc) is 2.82. The molecule has 1 saturated carbocycles. The van der Waals surface area contributed by atoms with E-state index in [0.717, 1.165) is 31.2 Å². The molecule has 0 saturated heterocycles. The first-order chi connectivity index (χ1) is 8.63. The highest BCUT2D eigenvalue weighted by molar-refractivity contribution is 5.51. The summed E-state index contributed by atoms with van der Waals surface area (Å²) in [7, 11) is 1.58. The Balaban J connectivity index is 2.60. The van der Waals surface area contributed by atoms with Gasteiger partial charge in [0.15, 0.2) is 0 Å². The zero-order valence-corrected chi connectivity index (χ0v) is 10.7. The second-order valence-electron chi connectivity index (χ2n) is 4.78. The Morgan fingerprint density at radius 1 is 1.39 bits per heavy atom. The fraction of sp³-hybridized carbons (Fsp3) is 0.500. The van der Waals surface area contributed by atoms with E-state index in [1.54, 1.807) is 25.3 Å². The minimum atomic E-state index is -0.620. The van der Waals surface area contributed by atoms with Gasteiger partial charge in [0.1, 0.15) is 17.0 Å². The summed E-state index contributed by atoms with van der Waals surface area (Å²) in [5, 5.41) is 10.2. The van der Waals surface area contributed by atoms with Crippen LogP contribution in [0.3, 0.4) is 0 Å². The van der Waals surface area contributed by atoms with Crippen molar-refractivity contribution in [3.05, 3.63) is 23.3 Å². The molecule has 1 aromatic rings. The highest BCUT2D eigenvalue weighted by Crippen LogP contribution is 2.47. The van der Waals surface area contributed by atoms with Crippen LogP contribution in [0.1, 0.15) is 36.8 Å². The Morgan fingerprint density at radius 2 is 2.06 bits per heavy atom. The van der Waals surface area contributed by atoms with E-state index in [2.05, 4.69) is 4.99 Å². The second-order valence-corrected chi connectivity index (χ2v) is 4.78. The number of aliphatic imine (C=N–C) groups is 1. The zero-order valence-electron chi connectivity index (χ0n) is 10.7. The van der Waals surface area contributed by atoms with E-state index < -0.39 is 5.54 Å². The van der Waals surface area contributed by atoms with Gasteiger partial charge in [-0.05, 0) is 37.5 Å². The highest BCUT2D eigenvalue weighted by Gasteiger charge is 2.38. The van der Waals surface area contributed by atoms with Gasteiger partial charge in [-0.2, -0.15) is 4.99 Å². The van der Waals surface area contributed by atoms with Crippen LogP contribution < -0.4 is 4.74 Å². The predicted molar refractivity (Wildman–Crippen MR) is 67.7 cm³/mol. The lowest BCUT2D eigenvalue weighted by atomic mass is 9.87. The smallest absolute Gasteiger partial charge is 0.235 e. The molecule has 18 heavy (non-hydrogen) atoms. The van der Waals surface area contributed by atoms with Gasteiger partial charge in [-0.25, -0.2) is 4.79 Å². The molecule has 4 nitrogen and oxygen atoms in total. The fourth-order valence-electron chi connectivity index (χ4n) is 2.71. The monoisotopic (exact) mass is 247 g/mol. The van der Waals surface area contributed by atoms with Crippen LogP contribution in [0, 0.1) is 6.92 Å². The molecule has 2 rings (SSSR count). The van der Waals surface area contributed by atoms with Gasteiger partial charge in [0.05, 0.1) is 7.11 Å². The maximum absolute atomic E-state index is 10.7. The number of hydrogen-bond acceptors (Lipinski definition) is 4. The zero-order chi connectivity index (χ0) is 13.2. The first kappa shape index (κ1) is 12.7. The summed E-state index contributed by atoms with van der Waals surface area (Å²) < 4.78 is 5.22. The molecule has 1 N–H and O–H groups in total. The topological polar surface area (TPSA) is 58.9 Å². The molecule has 96 valence electrons. The summed E-state index contributed by atoms with van der Waals surface area (Å²) in [6.07, 6.45) is 5.19. The number of benzene rings is 1. The quantitative estimate of drug-likeness (QED) is 0.660. The molecule has 1 fully saturated rings. The van der Waals surface area contributed by atoms with Crippen molar-refractivity contribution in [1.29, 1.82) is 0 Å². The van der Waals surface area contributed by atoms with Crippen molar-refractivity contribution in [3.8, 4) is 11.5 Å². The Bertz CT molecular complexity index is 498. The Kier molecular flexibility index (Phi) is 3.39. The average molecular weight is 247 g/mol. The highest BCUT2D eigenvalue weighted by atomic mass is 16.5. The van der Waals surface area contributed by atoms with E-state index in [4.69, 9.17) is 4.74 Å². The summed E-state index contributed by atoms with van der Waals surface area (Å²) in [5.41, 5.74) is 0.794. The Labute approximate surface area is 106 Å². The molecule has 0 radical (unpaired) electrons. The molecule has 1 aromatic carbocycles. The number of ether oxygens (including phenoxy) is 1. The van der Waals surface area contributed by atoms with Crippen LogP contribution in [0.25, 0.3) is 0 Å². The summed E-state index contributed by atoms with van der Waals surface area (Å²) in [5.74, 6) is 0.879. The van der Waals surface area contributed by atoms with E-state index in [0.29, 0.717) is 11.3 Å². The van der Waals surface area contributed by atoms with Crippen LogP contribution in [0.5, 0.6) is 11.5 Å². The summed E-state index contributed by atoms with van der Waals surface area (Å²) in [6.45, 7) is 1.81. The third-order valence-electron chi connectivity index (χ3n) is 3.70. The molecule has 0 heterocycles. The van der Waals surface area contributed by atoms with Crippen molar-refractivity contribution in [2.45, 2.75) is 38.1 Å². The van der Waals surface area contributed by atoms with E-state index in [1.807, 2.05) is 6.92 Å². The SMILES string of the molecule is COc1cc(C)c(O)c(C2(N=C=O)CCCC2)c1. The number of aromatic hydroxyl groups is 1. The van der Waals surface area contributed by atoms with Crippen LogP contribution in [-0.2, 0) is 10.3 Å². The Morgan fingerprint density at radius 3 is 2.61 bits per heavy atom. The van der Waals surface area contributed by atoms with Crippen molar-refractivity contribution in [1.82, 2.24) is 0 Å². The Hall–Kier alpha value is -1.80.